The van der Waals surface area contributed by atoms with Crippen molar-refractivity contribution in [2.24, 2.45) is 0 Å². The number of benzene rings is 1. The Labute approximate surface area is 100 Å². The van der Waals surface area contributed by atoms with Crippen LogP contribution in [0.1, 0.15) is 63.1 Å². The van der Waals surface area contributed by atoms with Gasteiger partial charge < -0.3 is 5.41 Å². The lowest BCUT2D eigenvalue weighted by Gasteiger charge is -2.10. The van der Waals surface area contributed by atoms with Crippen molar-refractivity contribution in [3.63, 3.8) is 0 Å². The third-order valence-corrected chi connectivity index (χ3v) is 2.70. The van der Waals surface area contributed by atoms with Crippen molar-refractivity contribution in [2.75, 3.05) is 0 Å². The van der Waals surface area contributed by atoms with Gasteiger partial charge >= 0.3 is 0 Å². The van der Waals surface area contributed by atoms with E-state index < -0.39 is 0 Å². The molecule has 0 fully saturated rings. The first-order valence-corrected chi connectivity index (χ1v) is 6.18. The molecule has 0 saturated heterocycles. The average Bonchev–Trinajstić information content (AvgIpc) is 2.29. The van der Waals surface area contributed by atoms with Crippen LogP contribution in [0.15, 0.2) is 18.2 Å². The van der Waals surface area contributed by atoms with Gasteiger partial charge in [-0.05, 0) is 29.5 Å². The molecule has 1 aromatic rings. The minimum atomic E-state index is 0.546. The van der Waals surface area contributed by atoms with Crippen LogP contribution < -0.4 is 0 Å². The molecule has 0 unspecified atom stereocenters. The first-order chi connectivity index (χ1) is 7.58. The van der Waals surface area contributed by atoms with Gasteiger partial charge in [0, 0.05) is 6.21 Å². The van der Waals surface area contributed by atoms with Crippen LogP contribution in [0.2, 0.25) is 0 Å². The molecule has 1 heteroatoms. The molecule has 1 N–H and O–H groups in total. The Bertz CT molecular complexity index is 311. The second kappa shape index (κ2) is 8.09. The molecule has 0 aliphatic heterocycles. The lowest BCUT2D eigenvalue weighted by Crippen LogP contribution is -1.95. The van der Waals surface area contributed by atoms with E-state index in [2.05, 4.69) is 40.7 Å². The lowest BCUT2D eigenvalue weighted by atomic mass is 9.95. The largest absolute Gasteiger partial charge is 0.308 e. The molecule has 0 amide bonds. The maximum Gasteiger partial charge on any atom is 0.0253 e. The minimum Gasteiger partial charge on any atom is -0.308 e. The number of nitrogens with one attached hydrogen (secondary N) is 1. The zero-order valence-electron chi connectivity index (χ0n) is 11.3. The van der Waals surface area contributed by atoms with E-state index in [1.807, 2.05) is 12.1 Å². The normalized spacial score (nSPS) is 9.62. The van der Waals surface area contributed by atoms with Crippen LogP contribution in [-0.4, -0.2) is 6.21 Å². The van der Waals surface area contributed by atoms with E-state index in [-0.39, 0.29) is 0 Å². The van der Waals surface area contributed by atoms with Gasteiger partial charge in [0.05, 0.1) is 0 Å². The molecule has 1 aromatic carbocycles. The molecule has 0 aromatic heterocycles. The molecular formula is C15H25N. The Kier molecular flexibility index (Phi) is 7.53. The van der Waals surface area contributed by atoms with Crippen molar-refractivity contribution < 1.29 is 0 Å². The molecule has 0 bridgehead atoms. The van der Waals surface area contributed by atoms with E-state index in [4.69, 9.17) is 5.41 Å². The summed E-state index contributed by atoms with van der Waals surface area (Å²) >= 11 is 0. The molecule has 0 spiro atoms. The van der Waals surface area contributed by atoms with Gasteiger partial charge in [-0.2, -0.15) is 0 Å². The molecule has 16 heavy (non-hydrogen) atoms. The second-order valence-corrected chi connectivity index (χ2v) is 4.36. The summed E-state index contributed by atoms with van der Waals surface area (Å²) in [7, 11) is 0. The summed E-state index contributed by atoms with van der Waals surface area (Å²) in [6, 6.07) is 6.13. The van der Waals surface area contributed by atoms with Crippen LogP contribution in [0.25, 0.3) is 0 Å². The monoisotopic (exact) mass is 219 g/mol. The summed E-state index contributed by atoms with van der Waals surface area (Å²) in [4.78, 5) is 0. The Morgan fingerprint density at radius 1 is 1.19 bits per heavy atom. The fraction of sp³-hybridized carbons (Fsp3) is 0.533. The smallest absolute Gasteiger partial charge is 0.0253 e. The lowest BCUT2D eigenvalue weighted by molar-refractivity contribution is 0.856. The van der Waals surface area contributed by atoms with Crippen LogP contribution in [0.5, 0.6) is 0 Å². The number of unbranched alkanes of at least 4 members (excludes halogenated alkanes) is 1. The van der Waals surface area contributed by atoms with E-state index in [0.29, 0.717) is 5.92 Å². The van der Waals surface area contributed by atoms with Gasteiger partial charge in [0.25, 0.3) is 0 Å². The van der Waals surface area contributed by atoms with Gasteiger partial charge in [-0.3, -0.25) is 0 Å². The standard InChI is InChI=1S/C11H15N.C4H10/c1-8(2)11-6-4-5-10(7-12)9(11)3;1-3-4-2/h4-8,12H,1-3H3;3-4H2,1-2H3. The maximum atomic E-state index is 7.20. The molecule has 1 rings (SSSR count). The SMILES string of the molecule is CCCC.Cc1c(C=N)cccc1C(C)C. The van der Waals surface area contributed by atoms with Gasteiger partial charge in [0.15, 0.2) is 0 Å². The van der Waals surface area contributed by atoms with Crippen LogP contribution in [0.3, 0.4) is 0 Å². The highest BCUT2D eigenvalue weighted by molar-refractivity contribution is 5.79. The molecule has 90 valence electrons. The molecule has 0 aliphatic rings. The minimum absolute atomic E-state index is 0.546. The number of hydrogen-bond acceptors (Lipinski definition) is 1. The average molecular weight is 219 g/mol. The van der Waals surface area contributed by atoms with Crippen molar-refractivity contribution in [1.82, 2.24) is 0 Å². The van der Waals surface area contributed by atoms with E-state index in [0.717, 1.165) is 5.56 Å². The molecule has 0 atom stereocenters. The zero-order chi connectivity index (χ0) is 12.6. The van der Waals surface area contributed by atoms with Crippen LogP contribution in [0.4, 0.5) is 0 Å². The van der Waals surface area contributed by atoms with E-state index in [9.17, 15) is 0 Å². The topological polar surface area (TPSA) is 23.9 Å². The Hall–Kier alpha value is -1.11. The van der Waals surface area contributed by atoms with Gasteiger partial charge in [0.2, 0.25) is 0 Å². The maximum absolute atomic E-state index is 7.20. The molecule has 1 nitrogen and oxygen atoms in total. The predicted molar refractivity (Wildman–Crippen MR) is 73.7 cm³/mol. The second-order valence-electron chi connectivity index (χ2n) is 4.36. The highest BCUT2D eigenvalue weighted by Gasteiger charge is 2.04. The fourth-order valence-electron chi connectivity index (χ4n) is 1.45. The quantitative estimate of drug-likeness (QED) is 0.697. The predicted octanol–water partition coefficient (Wildman–Crippen LogP) is 4.92. The molecule has 0 saturated carbocycles. The van der Waals surface area contributed by atoms with Gasteiger partial charge in [-0.1, -0.05) is 58.7 Å². The van der Waals surface area contributed by atoms with Crippen molar-refractivity contribution in [3.05, 3.63) is 34.9 Å². The molecule has 0 aliphatic carbocycles. The van der Waals surface area contributed by atoms with Gasteiger partial charge in [-0.15, -0.1) is 0 Å². The summed E-state index contributed by atoms with van der Waals surface area (Å²) in [5.74, 6) is 0.546. The third-order valence-electron chi connectivity index (χ3n) is 2.70. The van der Waals surface area contributed by atoms with Gasteiger partial charge in [-0.25, -0.2) is 0 Å². The van der Waals surface area contributed by atoms with Crippen molar-refractivity contribution in [3.8, 4) is 0 Å². The van der Waals surface area contributed by atoms with E-state index >= 15 is 0 Å². The molecular weight excluding hydrogens is 194 g/mol. The third kappa shape index (κ3) is 4.61. The number of hydrogen-bond donors (Lipinski definition) is 1. The summed E-state index contributed by atoms with van der Waals surface area (Å²) in [5.41, 5.74) is 3.61. The molecule has 0 radical (unpaired) electrons. The van der Waals surface area contributed by atoms with Crippen LogP contribution in [0, 0.1) is 12.3 Å². The summed E-state index contributed by atoms with van der Waals surface area (Å²) in [5, 5.41) is 7.20. The Morgan fingerprint density at radius 2 is 1.75 bits per heavy atom. The van der Waals surface area contributed by atoms with Crippen LogP contribution in [-0.2, 0) is 0 Å². The Morgan fingerprint density at radius 3 is 2.12 bits per heavy atom. The molecule has 0 heterocycles. The van der Waals surface area contributed by atoms with Crippen molar-refractivity contribution >= 4 is 6.21 Å². The van der Waals surface area contributed by atoms with Crippen molar-refractivity contribution in [2.45, 2.75) is 53.4 Å². The van der Waals surface area contributed by atoms with Crippen LogP contribution >= 0.6 is 0 Å². The van der Waals surface area contributed by atoms with E-state index in [1.54, 1.807) is 0 Å². The zero-order valence-corrected chi connectivity index (χ0v) is 11.3. The summed E-state index contributed by atoms with van der Waals surface area (Å²) in [6.45, 7) is 10.8. The Balaban J connectivity index is 0.000000487. The summed E-state index contributed by atoms with van der Waals surface area (Å²) in [6.07, 6.45) is 4.06. The number of rotatable bonds is 3. The summed E-state index contributed by atoms with van der Waals surface area (Å²) < 4.78 is 0. The highest BCUT2D eigenvalue weighted by atomic mass is 14.3. The van der Waals surface area contributed by atoms with Gasteiger partial charge in [0.1, 0.15) is 0 Å². The van der Waals surface area contributed by atoms with E-state index in [1.165, 1.54) is 30.2 Å². The van der Waals surface area contributed by atoms with Crippen molar-refractivity contribution in [1.29, 1.82) is 5.41 Å². The first kappa shape index (κ1) is 14.9. The fourth-order valence-corrected chi connectivity index (χ4v) is 1.45. The first-order valence-electron chi connectivity index (χ1n) is 6.18. The highest BCUT2D eigenvalue weighted by Crippen LogP contribution is 2.20.